The van der Waals surface area contributed by atoms with Crippen molar-refractivity contribution in [2.45, 2.75) is 12.6 Å². The van der Waals surface area contributed by atoms with Crippen LogP contribution >= 0.6 is 0 Å². The van der Waals surface area contributed by atoms with Gasteiger partial charge >= 0.3 is 6.18 Å². The number of hydrogen-bond acceptors (Lipinski definition) is 1. The van der Waals surface area contributed by atoms with Crippen molar-refractivity contribution in [3.05, 3.63) is 42.0 Å². The Morgan fingerprint density at radius 2 is 1.81 bits per heavy atom. The fourth-order valence-electron chi connectivity index (χ4n) is 1.09. The van der Waals surface area contributed by atoms with E-state index in [2.05, 4.69) is 0 Å². The van der Waals surface area contributed by atoms with Gasteiger partial charge in [-0.2, -0.15) is 13.2 Å². The van der Waals surface area contributed by atoms with E-state index in [1.165, 1.54) is 0 Å². The molecule has 1 rings (SSSR count). The van der Waals surface area contributed by atoms with Gasteiger partial charge in [-0.3, -0.25) is 0 Å². The van der Waals surface area contributed by atoms with Gasteiger partial charge < -0.3 is 4.74 Å². The van der Waals surface area contributed by atoms with E-state index < -0.39 is 12.6 Å². The topological polar surface area (TPSA) is 9.23 Å². The van der Waals surface area contributed by atoms with Gasteiger partial charge in [0.25, 0.3) is 0 Å². The van der Waals surface area contributed by atoms with E-state index in [4.69, 9.17) is 4.74 Å². The maximum Gasteiger partial charge on any atom is 0.391 e. The molecule has 0 radical (unpaired) electrons. The summed E-state index contributed by atoms with van der Waals surface area (Å²) in [4.78, 5) is 0. The quantitative estimate of drug-likeness (QED) is 0.701. The molecule has 0 saturated heterocycles. The highest BCUT2D eigenvalue weighted by molar-refractivity contribution is 5.48. The number of hydrogen-bond donors (Lipinski definition) is 0. The van der Waals surface area contributed by atoms with Crippen molar-refractivity contribution in [3.63, 3.8) is 0 Å². The maximum atomic E-state index is 11.7. The Kier molecular flexibility index (Phi) is 5.05. The van der Waals surface area contributed by atoms with E-state index in [1.807, 2.05) is 36.4 Å². The Balaban J connectivity index is 2.14. The van der Waals surface area contributed by atoms with Crippen molar-refractivity contribution >= 4 is 6.08 Å². The molecule has 0 saturated carbocycles. The van der Waals surface area contributed by atoms with Gasteiger partial charge in [-0.1, -0.05) is 42.5 Å². The second kappa shape index (κ2) is 6.33. The number of alkyl halides is 3. The lowest BCUT2D eigenvalue weighted by Crippen LogP contribution is -2.11. The van der Waals surface area contributed by atoms with E-state index in [9.17, 15) is 13.2 Å². The molecule has 0 bridgehead atoms. The predicted octanol–water partition coefficient (Wildman–Crippen LogP) is 3.67. The van der Waals surface area contributed by atoms with Gasteiger partial charge in [0, 0.05) is 0 Å². The first-order valence-corrected chi connectivity index (χ1v) is 4.94. The molecule has 0 unspecified atom stereocenters. The first-order valence-electron chi connectivity index (χ1n) is 4.94. The van der Waals surface area contributed by atoms with Crippen molar-refractivity contribution in [2.75, 3.05) is 13.2 Å². The number of ether oxygens (including phenoxy) is 1. The highest BCUT2D eigenvalue weighted by Crippen LogP contribution is 2.18. The van der Waals surface area contributed by atoms with Crippen LogP contribution in [0.4, 0.5) is 13.2 Å². The SMILES string of the molecule is FC(F)(F)CCOCC=Cc1ccccc1. The summed E-state index contributed by atoms with van der Waals surface area (Å²) in [5, 5.41) is 0. The van der Waals surface area contributed by atoms with Gasteiger partial charge in [-0.15, -0.1) is 0 Å². The van der Waals surface area contributed by atoms with Gasteiger partial charge in [0.2, 0.25) is 0 Å². The lowest BCUT2D eigenvalue weighted by Gasteiger charge is -2.05. The highest BCUT2D eigenvalue weighted by atomic mass is 19.4. The Hall–Kier alpha value is -1.29. The minimum Gasteiger partial charge on any atom is -0.377 e. The molecule has 0 heterocycles. The Morgan fingerprint density at radius 1 is 1.12 bits per heavy atom. The van der Waals surface area contributed by atoms with E-state index in [1.54, 1.807) is 6.08 Å². The molecule has 0 aliphatic heterocycles. The van der Waals surface area contributed by atoms with Crippen LogP contribution in [0.5, 0.6) is 0 Å². The van der Waals surface area contributed by atoms with Crippen molar-refractivity contribution < 1.29 is 17.9 Å². The molecule has 0 aliphatic rings. The first-order chi connectivity index (χ1) is 7.58. The summed E-state index contributed by atoms with van der Waals surface area (Å²) in [6, 6.07) is 9.50. The van der Waals surface area contributed by atoms with Gasteiger partial charge in [-0.05, 0) is 5.56 Å². The fraction of sp³-hybridized carbons (Fsp3) is 0.333. The molecular weight excluding hydrogens is 217 g/mol. The summed E-state index contributed by atoms with van der Waals surface area (Å²) in [5.41, 5.74) is 1.00. The molecule has 0 N–H and O–H groups in total. The lowest BCUT2D eigenvalue weighted by molar-refractivity contribution is -0.144. The zero-order valence-electron chi connectivity index (χ0n) is 8.70. The van der Waals surface area contributed by atoms with Crippen LogP contribution in [0.25, 0.3) is 6.08 Å². The van der Waals surface area contributed by atoms with Crippen molar-refractivity contribution in [2.24, 2.45) is 0 Å². The summed E-state index contributed by atoms with van der Waals surface area (Å²) in [5.74, 6) is 0. The smallest absolute Gasteiger partial charge is 0.377 e. The van der Waals surface area contributed by atoms with Crippen LogP contribution in [0.15, 0.2) is 36.4 Å². The molecule has 0 amide bonds. The molecule has 1 aromatic rings. The van der Waals surface area contributed by atoms with Gasteiger partial charge in [0.05, 0.1) is 19.6 Å². The standard InChI is InChI=1S/C12H13F3O/c13-12(14,15)8-10-16-9-4-7-11-5-2-1-3-6-11/h1-7H,8-10H2. The van der Waals surface area contributed by atoms with E-state index in [0.29, 0.717) is 0 Å². The first kappa shape index (κ1) is 12.8. The van der Waals surface area contributed by atoms with E-state index >= 15 is 0 Å². The summed E-state index contributed by atoms with van der Waals surface area (Å²) in [6.07, 6.45) is -1.52. The highest BCUT2D eigenvalue weighted by Gasteiger charge is 2.26. The third-order valence-corrected chi connectivity index (χ3v) is 1.85. The van der Waals surface area contributed by atoms with Crippen LogP contribution in [0, 0.1) is 0 Å². The second-order valence-corrected chi connectivity index (χ2v) is 3.25. The third kappa shape index (κ3) is 6.24. The Bertz CT molecular complexity index is 317. The largest absolute Gasteiger partial charge is 0.391 e. The van der Waals surface area contributed by atoms with E-state index in [0.717, 1.165) is 5.56 Å². The molecule has 16 heavy (non-hydrogen) atoms. The fourth-order valence-corrected chi connectivity index (χ4v) is 1.09. The lowest BCUT2D eigenvalue weighted by atomic mass is 10.2. The Labute approximate surface area is 92.5 Å². The molecule has 88 valence electrons. The third-order valence-electron chi connectivity index (χ3n) is 1.85. The molecule has 0 aromatic heterocycles. The van der Waals surface area contributed by atoms with Gasteiger partial charge in [-0.25, -0.2) is 0 Å². The monoisotopic (exact) mass is 230 g/mol. The Morgan fingerprint density at radius 3 is 2.44 bits per heavy atom. The number of benzene rings is 1. The minimum absolute atomic E-state index is 0.199. The van der Waals surface area contributed by atoms with Crippen LogP contribution in [0.1, 0.15) is 12.0 Å². The molecule has 1 aromatic carbocycles. The zero-order valence-corrected chi connectivity index (χ0v) is 8.70. The summed E-state index contributed by atoms with van der Waals surface area (Å²) in [6.45, 7) is -0.0897. The number of halogens is 3. The van der Waals surface area contributed by atoms with E-state index in [-0.39, 0.29) is 13.2 Å². The van der Waals surface area contributed by atoms with Crippen LogP contribution in [0.3, 0.4) is 0 Å². The van der Waals surface area contributed by atoms with Crippen LogP contribution < -0.4 is 0 Å². The van der Waals surface area contributed by atoms with Crippen molar-refractivity contribution in [3.8, 4) is 0 Å². The summed E-state index contributed by atoms with van der Waals surface area (Å²) in [7, 11) is 0. The van der Waals surface area contributed by atoms with Gasteiger partial charge in [0.15, 0.2) is 0 Å². The molecule has 4 heteroatoms. The van der Waals surface area contributed by atoms with Crippen molar-refractivity contribution in [1.82, 2.24) is 0 Å². The molecule has 0 atom stereocenters. The molecule has 0 fully saturated rings. The summed E-state index contributed by atoms with van der Waals surface area (Å²) < 4.78 is 40.0. The van der Waals surface area contributed by atoms with Crippen molar-refractivity contribution in [1.29, 1.82) is 0 Å². The zero-order chi connectivity index (χ0) is 11.9. The predicted molar refractivity (Wildman–Crippen MR) is 57.0 cm³/mol. The molecule has 0 spiro atoms. The molecule has 1 nitrogen and oxygen atoms in total. The van der Waals surface area contributed by atoms with Crippen LogP contribution in [0.2, 0.25) is 0 Å². The number of rotatable bonds is 5. The average molecular weight is 230 g/mol. The van der Waals surface area contributed by atoms with Crippen LogP contribution in [-0.2, 0) is 4.74 Å². The average Bonchev–Trinajstić information content (AvgIpc) is 2.23. The normalized spacial score (nSPS) is 12.2. The summed E-state index contributed by atoms with van der Waals surface area (Å²) >= 11 is 0. The van der Waals surface area contributed by atoms with Crippen LogP contribution in [-0.4, -0.2) is 19.4 Å². The molecule has 0 aliphatic carbocycles. The van der Waals surface area contributed by atoms with Gasteiger partial charge in [0.1, 0.15) is 0 Å². The molecular formula is C12H13F3O. The minimum atomic E-state index is -4.14. The second-order valence-electron chi connectivity index (χ2n) is 3.25. The maximum absolute atomic E-state index is 11.7.